The van der Waals surface area contributed by atoms with Crippen molar-refractivity contribution in [2.24, 2.45) is 0 Å². The molecule has 5 nitrogen and oxygen atoms in total. The molecule has 2 aromatic heterocycles. The number of nitrogens with one attached hydrogen (secondary N) is 2. The van der Waals surface area contributed by atoms with Crippen molar-refractivity contribution in [2.75, 3.05) is 16.8 Å². The lowest BCUT2D eigenvalue weighted by Gasteiger charge is -2.23. The van der Waals surface area contributed by atoms with E-state index in [0.717, 1.165) is 16.9 Å². The molecule has 84 valence electrons. The van der Waals surface area contributed by atoms with Gasteiger partial charge in [0.25, 0.3) is 0 Å². The molecule has 0 aromatic carbocycles. The van der Waals surface area contributed by atoms with Crippen molar-refractivity contribution in [2.45, 2.75) is 18.9 Å². The fourth-order valence-electron chi connectivity index (χ4n) is 1.92. The Morgan fingerprint density at radius 3 is 3.06 bits per heavy atom. The van der Waals surface area contributed by atoms with Crippen LogP contribution in [0.4, 0.5) is 5.82 Å². The highest BCUT2D eigenvalue weighted by atomic mass is 32.2. The van der Waals surface area contributed by atoms with Crippen LogP contribution in [0.2, 0.25) is 0 Å². The van der Waals surface area contributed by atoms with Gasteiger partial charge in [0, 0.05) is 6.04 Å². The molecule has 0 radical (unpaired) electrons. The first kappa shape index (κ1) is 9.89. The summed E-state index contributed by atoms with van der Waals surface area (Å²) >= 11 is 2.02. The van der Waals surface area contributed by atoms with E-state index < -0.39 is 0 Å². The summed E-state index contributed by atoms with van der Waals surface area (Å²) < 4.78 is 0. The molecule has 1 fully saturated rings. The summed E-state index contributed by atoms with van der Waals surface area (Å²) in [6, 6.07) is 0.536. The lowest BCUT2D eigenvalue weighted by molar-refractivity contribution is 0.664. The lowest BCUT2D eigenvalue weighted by Crippen LogP contribution is -2.25. The van der Waals surface area contributed by atoms with Gasteiger partial charge in [-0.25, -0.2) is 9.97 Å². The van der Waals surface area contributed by atoms with Crippen molar-refractivity contribution >= 4 is 28.6 Å². The molecule has 1 saturated heterocycles. The molecule has 3 rings (SSSR count). The Kier molecular flexibility index (Phi) is 2.65. The molecule has 0 spiro atoms. The topological polar surface area (TPSA) is 66.5 Å². The number of hydrogen-bond donors (Lipinski definition) is 2. The van der Waals surface area contributed by atoms with Crippen molar-refractivity contribution < 1.29 is 0 Å². The molecule has 3 heterocycles. The number of anilines is 1. The summed E-state index contributed by atoms with van der Waals surface area (Å²) in [6.07, 6.45) is 5.75. The van der Waals surface area contributed by atoms with E-state index in [9.17, 15) is 0 Å². The van der Waals surface area contributed by atoms with Gasteiger partial charge in [-0.05, 0) is 24.3 Å². The van der Waals surface area contributed by atoms with E-state index in [2.05, 4.69) is 25.5 Å². The van der Waals surface area contributed by atoms with Crippen LogP contribution in [0, 0.1) is 0 Å². The average Bonchev–Trinajstić information content (AvgIpc) is 2.80. The SMILES string of the molecule is c1nc(NC2CCSCC2)c2cn[nH]c2n1. The van der Waals surface area contributed by atoms with Crippen molar-refractivity contribution in [1.29, 1.82) is 0 Å². The van der Waals surface area contributed by atoms with Gasteiger partial charge in [-0.1, -0.05) is 0 Å². The molecule has 2 N–H and O–H groups in total. The molecular weight excluding hydrogens is 222 g/mol. The highest BCUT2D eigenvalue weighted by Gasteiger charge is 2.15. The first-order valence-corrected chi connectivity index (χ1v) is 6.57. The van der Waals surface area contributed by atoms with E-state index in [1.165, 1.54) is 24.3 Å². The number of fused-ring (bicyclic) bond motifs is 1. The number of aromatic nitrogens is 4. The first-order valence-electron chi connectivity index (χ1n) is 5.42. The van der Waals surface area contributed by atoms with E-state index in [1.807, 2.05) is 11.8 Å². The molecule has 0 atom stereocenters. The Bertz CT molecular complexity index is 477. The summed E-state index contributed by atoms with van der Waals surface area (Å²) in [7, 11) is 0. The molecule has 2 aromatic rings. The molecule has 1 aliphatic rings. The van der Waals surface area contributed by atoms with Gasteiger partial charge in [0.2, 0.25) is 0 Å². The predicted octanol–water partition coefficient (Wildman–Crippen LogP) is 1.66. The van der Waals surface area contributed by atoms with Crippen molar-refractivity contribution in [3.05, 3.63) is 12.5 Å². The molecule has 0 saturated carbocycles. The van der Waals surface area contributed by atoms with Crippen LogP contribution >= 0.6 is 11.8 Å². The molecule has 16 heavy (non-hydrogen) atoms. The molecule has 0 aliphatic carbocycles. The first-order chi connectivity index (χ1) is 7.93. The van der Waals surface area contributed by atoms with Gasteiger partial charge in [0.1, 0.15) is 12.1 Å². The van der Waals surface area contributed by atoms with Crippen LogP contribution in [0.3, 0.4) is 0 Å². The van der Waals surface area contributed by atoms with Gasteiger partial charge >= 0.3 is 0 Å². The zero-order valence-electron chi connectivity index (χ0n) is 8.81. The number of H-pyrrole nitrogens is 1. The fraction of sp³-hybridized carbons (Fsp3) is 0.500. The summed E-state index contributed by atoms with van der Waals surface area (Å²) in [5, 5.41) is 11.3. The monoisotopic (exact) mass is 235 g/mol. The number of aromatic amines is 1. The summed E-state index contributed by atoms with van der Waals surface area (Å²) in [4.78, 5) is 8.41. The second kappa shape index (κ2) is 4.29. The third-order valence-electron chi connectivity index (χ3n) is 2.81. The van der Waals surface area contributed by atoms with Gasteiger partial charge in [-0.15, -0.1) is 0 Å². The van der Waals surface area contributed by atoms with Gasteiger partial charge in [-0.2, -0.15) is 16.9 Å². The van der Waals surface area contributed by atoms with Crippen LogP contribution in [-0.4, -0.2) is 37.7 Å². The second-order valence-corrected chi connectivity index (χ2v) is 5.11. The van der Waals surface area contributed by atoms with Gasteiger partial charge < -0.3 is 5.32 Å². The Morgan fingerprint density at radius 2 is 2.19 bits per heavy atom. The highest BCUT2D eigenvalue weighted by molar-refractivity contribution is 7.99. The van der Waals surface area contributed by atoms with Crippen LogP contribution in [0.5, 0.6) is 0 Å². The molecule has 0 unspecified atom stereocenters. The lowest BCUT2D eigenvalue weighted by atomic mass is 10.1. The van der Waals surface area contributed by atoms with E-state index in [4.69, 9.17) is 0 Å². The molecular formula is C10H13N5S. The zero-order valence-corrected chi connectivity index (χ0v) is 9.63. The minimum absolute atomic E-state index is 0.536. The smallest absolute Gasteiger partial charge is 0.160 e. The molecule has 0 bridgehead atoms. The van der Waals surface area contributed by atoms with Crippen molar-refractivity contribution in [1.82, 2.24) is 20.2 Å². The van der Waals surface area contributed by atoms with E-state index in [-0.39, 0.29) is 0 Å². The minimum atomic E-state index is 0.536. The molecule has 1 aliphatic heterocycles. The number of hydrogen-bond acceptors (Lipinski definition) is 5. The maximum atomic E-state index is 4.28. The third kappa shape index (κ3) is 1.84. The Hall–Kier alpha value is -1.30. The predicted molar refractivity (Wildman–Crippen MR) is 65.7 cm³/mol. The molecule has 0 amide bonds. The van der Waals surface area contributed by atoms with Gasteiger partial charge in [-0.3, -0.25) is 5.10 Å². The summed E-state index contributed by atoms with van der Waals surface area (Å²) in [5.74, 6) is 3.37. The van der Waals surface area contributed by atoms with Crippen LogP contribution in [0.25, 0.3) is 11.0 Å². The van der Waals surface area contributed by atoms with Gasteiger partial charge in [0.05, 0.1) is 11.6 Å². The Balaban J connectivity index is 1.85. The standard InChI is InChI=1S/C10H13N5S/c1-3-16-4-2-7(1)14-9-8-5-13-15-10(8)12-6-11-9/h5-7H,1-4H2,(H2,11,12,13,14,15). The van der Waals surface area contributed by atoms with Gasteiger partial charge in [0.15, 0.2) is 5.65 Å². The maximum absolute atomic E-state index is 4.28. The van der Waals surface area contributed by atoms with Crippen LogP contribution in [0.15, 0.2) is 12.5 Å². The largest absolute Gasteiger partial charge is 0.367 e. The van der Waals surface area contributed by atoms with E-state index in [0.29, 0.717) is 6.04 Å². The van der Waals surface area contributed by atoms with Crippen LogP contribution < -0.4 is 5.32 Å². The summed E-state index contributed by atoms with van der Waals surface area (Å²) in [6.45, 7) is 0. The molecule has 6 heteroatoms. The Labute approximate surface area is 97.4 Å². The highest BCUT2D eigenvalue weighted by Crippen LogP contribution is 2.23. The minimum Gasteiger partial charge on any atom is -0.367 e. The Morgan fingerprint density at radius 1 is 1.31 bits per heavy atom. The quantitative estimate of drug-likeness (QED) is 0.828. The summed E-state index contributed by atoms with van der Waals surface area (Å²) in [5.41, 5.74) is 0.794. The van der Waals surface area contributed by atoms with E-state index >= 15 is 0 Å². The average molecular weight is 235 g/mol. The maximum Gasteiger partial charge on any atom is 0.160 e. The normalized spacial score (nSPS) is 17.8. The van der Waals surface area contributed by atoms with E-state index in [1.54, 1.807) is 12.5 Å². The second-order valence-electron chi connectivity index (χ2n) is 3.89. The third-order valence-corrected chi connectivity index (χ3v) is 3.86. The number of rotatable bonds is 2. The number of thioether (sulfide) groups is 1. The number of nitrogens with zero attached hydrogens (tertiary/aromatic N) is 3. The van der Waals surface area contributed by atoms with Crippen LogP contribution in [0.1, 0.15) is 12.8 Å². The van der Waals surface area contributed by atoms with Crippen molar-refractivity contribution in [3.63, 3.8) is 0 Å². The zero-order chi connectivity index (χ0) is 10.8. The van der Waals surface area contributed by atoms with Crippen LogP contribution in [-0.2, 0) is 0 Å². The fourth-order valence-corrected chi connectivity index (χ4v) is 3.02. The van der Waals surface area contributed by atoms with Crippen molar-refractivity contribution in [3.8, 4) is 0 Å².